The molecule has 0 atom stereocenters. The van der Waals surface area contributed by atoms with E-state index in [0.717, 1.165) is 11.5 Å². The fourth-order valence-electron chi connectivity index (χ4n) is 1.60. The van der Waals surface area contributed by atoms with E-state index in [0.29, 0.717) is 11.5 Å². The summed E-state index contributed by atoms with van der Waals surface area (Å²) in [5.41, 5.74) is 0. The lowest BCUT2D eigenvalue weighted by Crippen LogP contribution is -1.90. The minimum absolute atomic E-state index is 0.331. The van der Waals surface area contributed by atoms with E-state index in [2.05, 4.69) is 0 Å². The largest absolute Gasteiger partial charge is 0.493 e. The highest BCUT2D eigenvalue weighted by Gasteiger charge is 2.02. The maximum atomic E-state index is 12.5. The van der Waals surface area contributed by atoms with Crippen molar-refractivity contribution < 1.29 is 23.3 Å². The van der Waals surface area contributed by atoms with Gasteiger partial charge in [0.15, 0.2) is 23.0 Å². The molecule has 5 heteroatoms. The van der Waals surface area contributed by atoms with Crippen LogP contribution in [0.15, 0.2) is 42.5 Å². The van der Waals surface area contributed by atoms with E-state index >= 15 is 0 Å². The lowest BCUT2D eigenvalue weighted by atomic mass is 10.3. The molecule has 0 saturated carbocycles. The van der Waals surface area contributed by atoms with Crippen molar-refractivity contribution >= 4 is 0 Å². The molecular weight excluding hydrogens is 275 g/mol. The molecule has 0 aliphatic carbocycles. The van der Waals surface area contributed by atoms with Crippen molar-refractivity contribution in [1.29, 1.82) is 0 Å². The molecule has 21 heavy (non-hydrogen) atoms. The molecule has 0 N–H and O–H groups in total. The van der Waals surface area contributed by atoms with E-state index in [1.54, 1.807) is 14.2 Å². The molecule has 2 rings (SSSR count). The second-order valence-electron chi connectivity index (χ2n) is 3.85. The molecule has 0 aliphatic rings. The van der Waals surface area contributed by atoms with Gasteiger partial charge in [0.25, 0.3) is 0 Å². The number of ether oxygens (including phenoxy) is 4. The predicted octanol–water partition coefficient (Wildman–Crippen LogP) is 3.55. The van der Waals surface area contributed by atoms with Gasteiger partial charge in [-0.15, -0.1) is 0 Å². The lowest BCUT2D eigenvalue weighted by molar-refractivity contribution is 0.352. The standard InChI is InChI=1S/C8H9FO2.C8H10O2/c1-10-7-4-3-6(9)5-8(7)11-2;1-9-7-5-3-4-6-8(7)10-2/h3-5H,1-2H3;3-6H,1-2H3. The third kappa shape index (κ3) is 4.87. The van der Waals surface area contributed by atoms with E-state index in [-0.39, 0.29) is 5.82 Å². The van der Waals surface area contributed by atoms with Crippen LogP contribution in [0.25, 0.3) is 0 Å². The zero-order chi connectivity index (χ0) is 15.7. The molecule has 0 unspecified atom stereocenters. The van der Waals surface area contributed by atoms with Gasteiger partial charge in [0, 0.05) is 6.07 Å². The minimum Gasteiger partial charge on any atom is -0.493 e. The van der Waals surface area contributed by atoms with Gasteiger partial charge in [-0.25, -0.2) is 4.39 Å². The number of methoxy groups -OCH3 is 4. The second-order valence-corrected chi connectivity index (χ2v) is 3.85. The Hall–Kier alpha value is -2.43. The number of halogens is 1. The summed E-state index contributed by atoms with van der Waals surface area (Å²) in [7, 11) is 6.22. The predicted molar refractivity (Wildman–Crippen MR) is 79.1 cm³/mol. The number of benzene rings is 2. The first-order valence-electron chi connectivity index (χ1n) is 6.20. The number of hydrogen-bond donors (Lipinski definition) is 0. The molecular formula is C16H19FO4. The Morgan fingerprint density at radius 2 is 1.05 bits per heavy atom. The van der Waals surface area contributed by atoms with Crippen LogP contribution >= 0.6 is 0 Å². The average Bonchev–Trinajstić information content (AvgIpc) is 2.55. The quantitative estimate of drug-likeness (QED) is 0.864. The summed E-state index contributed by atoms with van der Waals surface area (Å²) >= 11 is 0. The van der Waals surface area contributed by atoms with Crippen LogP contribution in [-0.4, -0.2) is 28.4 Å². The highest BCUT2D eigenvalue weighted by molar-refractivity contribution is 5.40. The first-order valence-corrected chi connectivity index (χ1v) is 6.20. The number of rotatable bonds is 4. The van der Waals surface area contributed by atoms with Crippen LogP contribution in [0.2, 0.25) is 0 Å². The van der Waals surface area contributed by atoms with Crippen molar-refractivity contribution in [3.63, 3.8) is 0 Å². The highest BCUT2D eigenvalue weighted by atomic mass is 19.1. The molecule has 0 heterocycles. The van der Waals surface area contributed by atoms with Crippen LogP contribution in [-0.2, 0) is 0 Å². The summed E-state index contributed by atoms with van der Waals surface area (Å²) in [4.78, 5) is 0. The molecule has 0 aliphatic heterocycles. The molecule has 0 bridgehead atoms. The Morgan fingerprint density at radius 3 is 1.48 bits per heavy atom. The van der Waals surface area contributed by atoms with Gasteiger partial charge in [-0.2, -0.15) is 0 Å². The van der Waals surface area contributed by atoms with Gasteiger partial charge in [-0.05, 0) is 24.3 Å². The molecule has 0 spiro atoms. The summed E-state index contributed by atoms with van der Waals surface area (Å²) in [5.74, 6) is 2.15. The summed E-state index contributed by atoms with van der Waals surface area (Å²) in [5, 5.41) is 0. The maximum Gasteiger partial charge on any atom is 0.163 e. The van der Waals surface area contributed by atoms with Gasteiger partial charge in [0.05, 0.1) is 28.4 Å². The van der Waals surface area contributed by atoms with Crippen molar-refractivity contribution in [2.45, 2.75) is 0 Å². The summed E-state index contributed by atoms with van der Waals surface area (Å²) < 4.78 is 32.3. The maximum absolute atomic E-state index is 12.5. The van der Waals surface area contributed by atoms with Crippen LogP contribution in [0.1, 0.15) is 0 Å². The molecule has 0 saturated heterocycles. The number of para-hydroxylation sites is 2. The highest BCUT2D eigenvalue weighted by Crippen LogP contribution is 2.26. The van der Waals surface area contributed by atoms with Crippen LogP contribution in [0.5, 0.6) is 23.0 Å². The Bertz CT molecular complexity index is 535. The lowest BCUT2D eigenvalue weighted by Gasteiger charge is -2.05. The minimum atomic E-state index is -0.331. The molecule has 0 aromatic heterocycles. The van der Waals surface area contributed by atoms with Crippen molar-refractivity contribution in [2.24, 2.45) is 0 Å². The topological polar surface area (TPSA) is 36.9 Å². The van der Waals surface area contributed by atoms with Gasteiger partial charge in [-0.1, -0.05) is 12.1 Å². The zero-order valence-corrected chi connectivity index (χ0v) is 12.6. The second kappa shape index (κ2) is 8.68. The fraction of sp³-hybridized carbons (Fsp3) is 0.250. The Kier molecular flexibility index (Phi) is 6.87. The summed E-state index contributed by atoms with van der Waals surface area (Å²) in [6.07, 6.45) is 0. The van der Waals surface area contributed by atoms with Gasteiger partial charge in [0.1, 0.15) is 5.82 Å². The van der Waals surface area contributed by atoms with E-state index in [4.69, 9.17) is 18.9 Å². The van der Waals surface area contributed by atoms with Gasteiger partial charge in [-0.3, -0.25) is 0 Å². The van der Waals surface area contributed by atoms with E-state index in [1.165, 1.54) is 32.4 Å². The van der Waals surface area contributed by atoms with Crippen LogP contribution in [0.3, 0.4) is 0 Å². The Labute approximate surface area is 124 Å². The third-order valence-electron chi connectivity index (χ3n) is 2.63. The fourth-order valence-corrected chi connectivity index (χ4v) is 1.60. The van der Waals surface area contributed by atoms with Crippen molar-refractivity contribution in [3.05, 3.63) is 48.3 Å². The van der Waals surface area contributed by atoms with Gasteiger partial charge in [0.2, 0.25) is 0 Å². The first-order chi connectivity index (χ1) is 10.2. The zero-order valence-electron chi connectivity index (χ0n) is 12.6. The molecule has 0 fully saturated rings. The Balaban J connectivity index is 0.000000211. The third-order valence-corrected chi connectivity index (χ3v) is 2.63. The van der Waals surface area contributed by atoms with Crippen LogP contribution in [0.4, 0.5) is 4.39 Å². The molecule has 0 amide bonds. The monoisotopic (exact) mass is 294 g/mol. The molecule has 0 radical (unpaired) electrons. The van der Waals surface area contributed by atoms with Crippen molar-refractivity contribution in [3.8, 4) is 23.0 Å². The molecule has 2 aromatic carbocycles. The normalized spacial score (nSPS) is 9.19. The smallest absolute Gasteiger partial charge is 0.163 e. The van der Waals surface area contributed by atoms with E-state index in [1.807, 2.05) is 24.3 Å². The van der Waals surface area contributed by atoms with Crippen LogP contribution < -0.4 is 18.9 Å². The van der Waals surface area contributed by atoms with Crippen LogP contribution in [0, 0.1) is 5.82 Å². The van der Waals surface area contributed by atoms with Crippen molar-refractivity contribution in [2.75, 3.05) is 28.4 Å². The molecule has 4 nitrogen and oxygen atoms in total. The Morgan fingerprint density at radius 1 is 0.619 bits per heavy atom. The number of hydrogen-bond acceptors (Lipinski definition) is 4. The average molecular weight is 294 g/mol. The van der Waals surface area contributed by atoms with Crippen molar-refractivity contribution in [1.82, 2.24) is 0 Å². The molecule has 2 aromatic rings. The van der Waals surface area contributed by atoms with E-state index in [9.17, 15) is 4.39 Å². The SMILES string of the molecule is COc1ccc(F)cc1OC.COc1ccccc1OC. The van der Waals surface area contributed by atoms with E-state index < -0.39 is 0 Å². The summed E-state index contributed by atoms with van der Waals surface area (Å²) in [6.45, 7) is 0. The van der Waals surface area contributed by atoms with Gasteiger partial charge >= 0.3 is 0 Å². The molecule has 114 valence electrons. The first kappa shape index (κ1) is 16.6. The van der Waals surface area contributed by atoms with Gasteiger partial charge < -0.3 is 18.9 Å². The summed E-state index contributed by atoms with van der Waals surface area (Å²) in [6, 6.07) is 11.6.